The monoisotopic (exact) mass is 318 g/mol. The molecule has 4 nitrogen and oxygen atoms in total. The van der Waals surface area contributed by atoms with E-state index >= 15 is 0 Å². The van der Waals surface area contributed by atoms with E-state index in [2.05, 4.69) is 22.7 Å². The molecule has 0 saturated heterocycles. The zero-order valence-corrected chi connectivity index (χ0v) is 13.6. The Kier molecular flexibility index (Phi) is 4.57. The number of carbonyl (C=O) groups is 1. The molecule has 1 N–H and O–H groups in total. The van der Waals surface area contributed by atoms with Crippen molar-refractivity contribution in [3.8, 4) is 5.75 Å². The third kappa shape index (κ3) is 3.13. The van der Waals surface area contributed by atoms with E-state index in [1.807, 2.05) is 43.3 Å². The van der Waals surface area contributed by atoms with Crippen LogP contribution in [0.2, 0.25) is 0 Å². The highest BCUT2D eigenvalue weighted by atomic mass is 16.5. The van der Waals surface area contributed by atoms with Crippen LogP contribution in [0.4, 0.5) is 0 Å². The third-order valence-corrected chi connectivity index (χ3v) is 3.86. The third-order valence-electron chi connectivity index (χ3n) is 3.86. The molecule has 0 aliphatic rings. The summed E-state index contributed by atoms with van der Waals surface area (Å²) in [5.41, 5.74) is 4.80. The van der Waals surface area contributed by atoms with E-state index in [4.69, 9.17) is 4.74 Å². The minimum absolute atomic E-state index is 0.299. The highest BCUT2D eigenvalue weighted by Gasteiger charge is 2.11. The fourth-order valence-electron chi connectivity index (χ4n) is 2.63. The molecule has 0 saturated carbocycles. The SMILES string of the molecule is COc1ccccc1C(=O)N/N=C(/C)c1cccc2ccccc12. The first-order valence-electron chi connectivity index (χ1n) is 7.66. The Morgan fingerprint density at radius 2 is 1.58 bits per heavy atom. The summed E-state index contributed by atoms with van der Waals surface area (Å²) in [4.78, 5) is 12.3. The van der Waals surface area contributed by atoms with Crippen LogP contribution in [0.15, 0.2) is 71.8 Å². The van der Waals surface area contributed by atoms with Gasteiger partial charge in [0.05, 0.1) is 18.4 Å². The van der Waals surface area contributed by atoms with E-state index in [0.717, 1.165) is 22.0 Å². The Labute approximate surface area is 140 Å². The number of carbonyl (C=O) groups excluding carboxylic acids is 1. The number of hydrogen-bond donors (Lipinski definition) is 1. The highest BCUT2D eigenvalue weighted by molar-refractivity contribution is 6.10. The molecule has 0 aliphatic heterocycles. The number of nitrogens with one attached hydrogen (secondary N) is 1. The second-order valence-electron chi connectivity index (χ2n) is 5.37. The summed E-state index contributed by atoms with van der Waals surface area (Å²) in [7, 11) is 1.54. The maximum atomic E-state index is 12.3. The molecule has 0 aliphatic carbocycles. The molecule has 3 rings (SSSR count). The molecule has 0 spiro atoms. The molecule has 0 fully saturated rings. The van der Waals surface area contributed by atoms with Crippen LogP contribution in [0.1, 0.15) is 22.8 Å². The first-order chi connectivity index (χ1) is 11.7. The van der Waals surface area contributed by atoms with Crippen molar-refractivity contribution in [3.63, 3.8) is 0 Å². The number of rotatable bonds is 4. The van der Waals surface area contributed by atoms with Crippen molar-refractivity contribution in [2.24, 2.45) is 5.10 Å². The fraction of sp³-hybridized carbons (Fsp3) is 0.100. The average Bonchev–Trinajstić information content (AvgIpc) is 2.65. The van der Waals surface area contributed by atoms with Gasteiger partial charge in [0.2, 0.25) is 0 Å². The molecule has 0 radical (unpaired) electrons. The summed E-state index contributed by atoms with van der Waals surface area (Å²) in [6, 6.07) is 21.2. The molecule has 4 heteroatoms. The molecule has 0 unspecified atom stereocenters. The smallest absolute Gasteiger partial charge is 0.275 e. The van der Waals surface area contributed by atoms with Crippen LogP contribution in [0.25, 0.3) is 10.8 Å². The highest BCUT2D eigenvalue weighted by Crippen LogP contribution is 2.19. The van der Waals surface area contributed by atoms with Crippen LogP contribution in [0.5, 0.6) is 5.75 Å². The number of hydrazone groups is 1. The molecule has 0 bridgehead atoms. The van der Waals surface area contributed by atoms with Gasteiger partial charge < -0.3 is 4.74 Å². The number of ether oxygens (including phenoxy) is 1. The van der Waals surface area contributed by atoms with Crippen LogP contribution in [-0.4, -0.2) is 18.7 Å². The molecular weight excluding hydrogens is 300 g/mol. The Hall–Kier alpha value is -3.14. The lowest BCUT2D eigenvalue weighted by Gasteiger charge is -2.08. The number of amides is 1. The van der Waals surface area contributed by atoms with Crippen LogP contribution in [0.3, 0.4) is 0 Å². The Balaban J connectivity index is 1.87. The van der Waals surface area contributed by atoms with Gasteiger partial charge in [0.1, 0.15) is 5.75 Å². The zero-order chi connectivity index (χ0) is 16.9. The van der Waals surface area contributed by atoms with Gasteiger partial charge >= 0.3 is 0 Å². The van der Waals surface area contributed by atoms with E-state index in [1.165, 1.54) is 7.11 Å². The number of methoxy groups -OCH3 is 1. The van der Waals surface area contributed by atoms with Crippen molar-refractivity contribution >= 4 is 22.4 Å². The van der Waals surface area contributed by atoms with E-state index in [-0.39, 0.29) is 5.91 Å². The average molecular weight is 318 g/mol. The first kappa shape index (κ1) is 15.7. The van der Waals surface area contributed by atoms with E-state index in [0.29, 0.717) is 11.3 Å². The van der Waals surface area contributed by atoms with Gasteiger partial charge in [0.25, 0.3) is 5.91 Å². The summed E-state index contributed by atoms with van der Waals surface area (Å²) in [6.45, 7) is 1.88. The van der Waals surface area contributed by atoms with Crippen molar-refractivity contribution in [1.82, 2.24) is 5.43 Å². The van der Waals surface area contributed by atoms with Crippen LogP contribution in [0, 0.1) is 0 Å². The minimum atomic E-state index is -0.299. The van der Waals surface area contributed by atoms with Gasteiger partial charge in [0, 0.05) is 5.56 Å². The quantitative estimate of drug-likeness (QED) is 0.584. The lowest BCUT2D eigenvalue weighted by Crippen LogP contribution is -2.20. The second kappa shape index (κ2) is 6.96. The molecule has 24 heavy (non-hydrogen) atoms. The summed E-state index contributed by atoms with van der Waals surface area (Å²) in [5.74, 6) is 0.222. The number of para-hydroxylation sites is 1. The van der Waals surface area contributed by atoms with Gasteiger partial charge in [-0.15, -0.1) is 0 Å². The van der Waals surface area contributed by atoms with Gasteiger partial charge in [-0.05, 0) is 29.8 Å². The molecule has 3 aromatic rings. The topological polar surface area (TPSA) is 50.7 Å². The molecule has 1 amide bonds. The van der Waals surface area contributed by atoms with Gasteiger partial charge in [-0.3, -0.25) is 4.79 Å². The van der Waals surface area contributed by atoms with Crippen molar-refractivity contribution in [2.75, 3.05) is 7.11 Å². The van der Waals surface area contributed by atoms with E-state index < -0.39 is 0 Å². The standard InChI is InChI=1S/C20H18N2O2/c1-14(16-12-7-9-15-8-3-4-10-17(15)16)21-22-20(23)18-11-5-6-13-19(18)24-2/h3-13H,1-2H3,(H,22,23)/b21-14-. The van der Waals surface area contributed by atoms with Crippen molar-refractivity contribution in [1.29, 1.82) is 0 Å². The summed E-state index contributed by atoms with van der Waals surface area (Å²) >= 11 is 0. The fourth-order valence-corrected chi connectivity index (χ4v) is 2.63. The van der Waals surface area contributed by atoms with Gasteiger partial charge in [0.15, 0.2) is 0 Å². The predicted octanol–water partition coefficient (Wildman–Crippen LogP) is 4.00. The summed E-state index contributed by atoms with van der Waals surface area (Å²) in [6.07, 6.45) is 0. The van der Waals surface area contributed by atoms with Gasteiger partial charge in [-0.25, -0.2) is 5.43 Å². The molecular formula is C20H18N2O2. The Bertz CT molecular complexity index is 911. The van der Waals surface area contributed by atoms with Gasteiger partial charge in [-0.1, -0.05) is 54.6 Å². The molecule has 3 aromatic carbocycles. The zero-order valence-electron chi connectivity index (χ0n) is 13.6. The van der Waals surface area contributed by atoms with Crippen LogP contribution in [-0.2, 0) is 0 Å². The summed E-state index contributed by atoms with van der Waals surface area (Å²) in [5, 5.41) is 6.50. The van der Waals surface area contributed by atoms with Crippen LogP contribution < -0.4 is 10.2 Å². The summed E-state index contributed by atoms with van der Waals surface area (Å²) < 4.78 is 5.21. The molecule has 0 aromatic heterocycles. The second-order valence-corrected chi connectivity index (χ2v) is 5.37. The lowest BCUT2D eigenvalue weighted by atomic mass is 10.0. The maximum absolute atomic E-state index is 12.3. The van der Waals surface area contributed by atoms with E-state index in [9.17, 15) is 4.79 Å². The lowest BCUT2D eigenvalue weighted by molar-refractivity contribution is 0.0952. The van der Waals surface area contributed by atoms with Gasteiger partial charge in [-0.2, -0.15) is 5.10 Å². The van der Waals surface area contributed by atoms with Crippen molar-refractivity contribution in [2.45, 2.75) is 6.92 Å². The molecule has 0 heterocycles. The first-order valence-corrected chi connectivity index (χ1v) is 7.66. The predicted molar refractivity (Wildman–Crippen MR) is 96.6 cm³/mol. The van der Waals surface area contributed by atoms with Crippen molar-refractivity contribution in [3.05, 3.63) is 77.9 Å². The Morgan fingerprint density at radius 3 is 2.42 bits per heavy atom. The molecule has 0 atom stereocenters. The van der Waals surface area contributed by atoms with Crippen LogP contribution >= 0.6 is 0 Å². The minimum Gasteiger partial charge on any atom is -0.496 e. The normalized spacial score (nSPS) is 11.3. The number of benzene rings is 3. The van der Waals surface area contributed by atoms with Crippen molar-refractivity contribution < 1.29 is 9.53 Å². The number of hydrogen-bond acceptors (Lipinski definition) is 3. The Morgan fingerprint density at radius 1 is 0.917 bits per heavy atom. The molecule has 120 valence electrons. The van der Waals surface area contributed by atoms with E-state index in [1.54, 1.807) is 18.2 Å². The maximum Gasteiger partial charge on any atom is 0.275 e. The largest absolute Gasteiger partial charge is 0.496 e. The number of nitrogens with zero attached hydrogens (tertiary/aromatic N) is 1. The number of fused-ring (bicyclic) bond motifs is 1.